The van der Waals surface area contributed by atoms with Gasteiger partial charge in [-0.2, -0.15) is 18.3 Å². The van der Waals surface area contributed by atoms with E-state index < -0.39 is 17.8 Å². The number of aromatic nitrogens is 2. The summed E-state index contributed by atoms with van der Waals surface area (Å²) in [5.41, 5.74) is -1.63. The molecule has 0 unspecified atom stereocenters. The van der Waals surface area contributed by atoms with Crippen molar-refractivity contribution in [3.63, 3.8) is 0 Å². The first-order valence-electron chi connectivity index (χ1n) is 7.34. The van der Waals surface area contributed by atoms with Crippen LogP contribution in [0, 0.1) is 5.41 Å². The van der Waals surface area contributed by atoms with Crippen molar-refractivity contribution in [2.75, 3.05) is 19.7 Å². The van der Waals surface area contributed by atoms with Crippen molar-refractivity contribution >= 4 is 5.91 Å². The fraction of sp³-hybridized carbons (Fsp3) is 0.714. The summed E-state index contributed by atoms with van der Waals surface area (Å²) >= 11 is 0. The molecule has 0 bridgehead atoms. The van der Waals surface area contributed by atoms with Crippen molar-refractivity contribution in [2.24, 2.45) is 5.41 Å². The average molecular weight is 319 g/mol. The molecule has 1 aliphatic heterocycles. The minimum atomic E-state index is -4.55. The number of alkyl halides is 3. The number of piperidine rings is 1. The Kier molecular flexibility index (Phi) is 4.79. The zero-order valence-electron chi connectivity index (χ0n) is 12.4. The maximum atomic E-state index is 12.6. The lowest BCUT2D eigenvalue weighted by Gasteiger charge is -2.41. The van der Waals surface area contributed by atoms with Gasteiger partial charge in [-0.15, -0.1) is 0 Å². The van der Waals surface area contributed by atoms with Gasteiger partial charge in [0, 0.05) is 24.6 Å². The van der Waals surface area contributed by atoms with E-state index in [2.05, 4.69) is 5.10 Å². The highest BCUT2D eigenvalue weighted by atomic mass is 19.4. The lowest BCUT2D eigenvalue weighted by atomic mass is 9.77. The van der Waals surface area contributed by atoms with Gasteiger partial charge in [-0.3, -0.25) is 9.89 Å². The Morgan fingerprint density at radius 1 is 1.55 bits per heavy atom. The third kappa shape index (κ3) is 3.43. The summed E-state index contributed by atoms with van der Waals surface area (Å²) < 4.78 is 37.7. The van der Waals surface area contributed by atoms with Gasteiger partial charge in [0.05, 0.1) is 6.61 Å². The lowest BCUT2D eigenvalue weighted by Crippen LogP contribution is -2.48. The molecule has 0 saturated carbocycles. The molecule has 0 spiro atoms. The van der Waals surface area contributed by atoms with E-state index in [9.17, 15) is 23.1 Å². The van der Waals surface area contributed by atoms with Gasteiger partial charge in [-0.1, -0.05) is 13.3 Å². The third-order valence-corrected chi connectivity index (χ3v) is 4.17. The number of nitrogens with zero attached hydrogens (tertiary/aromatic N) is 2. The first-order valence-corrected chi connectivity index (χ1v) is 7.34. The number of aromatic amines is 1. The molecular formula is C14H20F3N3O2. The number of hydrogen-bond donors (Lipinski definition) is 2. The molecule has 1 atom stereocenters. The topological polar surface area (TPSA) is 69.2 Å². The zero-order valence-corrected chi connectivity index (χ0v) is 12.4. The highest BCUT2D eigenvalue weighted by Crippen LogP contribution is 2.35. The van der Waals surface area contributed by atoms with Crippen molar-refractivity contribution in [1.82, 2.24) is 15.1 Å². The maximum Gasteiger partial charge on any atom is 0.432 e. The van der Waals surface area contributed by atoms with E-state index in [-0.39, 0.29) is 17.7 Å². The number of nitrogens with one attached hydrogen (secondary N) is 1. The molecule has 8 heteroatoms. The molecule has 0 radical (unpaired) electrons. The highest BCUT2D eigenvalue weighted by molar-refractivity contribution is 5.92. The maximum absolute atomic E-state index is 12.6. The molecule has 124 valence electrons. The molecule has 1 saturated heterocycles. The van der Waals surface area contributed by atoms with Crippen molar-refractivity contribution in [2.45, 2.75) is 38.8 Å². The fourth-order valence-corrected chi connectivity index (χ4v) is 3.06. The molecule has 5 nitrogen and oxygen atoms in total. The van der Waals surface area contributed by atoms with E-state index in [1.807, 2.05) is 12.0 Å². The fourth-order valence-electron chi connectivity index (χ4n) is 3.06. The molecule has 2 rings (SSSR count). The van der Waals surface area contributed by atoms with Crippen LogP contribution in [0.25, 0.3) is 0 Å². The first kappa shape index (κ1) is 16.8. The van der Waals surface area contributed by atoms with Gasteiger partial charge in [-0.25, -0.2) is 0 Å². The van der Waals surface area contributed by atoms with E-state index in [4.69, 9.17) is 0 Å². The molecule has 2 heterocycles. The van der Waals surface area contributed by atoms with E-state index in [1.54, 1.807) is 0 Å². The molecule has 2 N–H and O–H groups in total. The number of halogens is 3. The molecule has 0 aromatic carbocycles. The summed E-state index contributed by atoms with van der Waals surface area (Å²) in [5.74, 6) is -0.527. The Balaban J connectivity index is 2.13. The van der Waals surface area contributed by atoms with Crippen molar-refractivity contribution in [1.29, 1.82) is 0 Å². The molecule has 1 aromatic rings. The molecule has 22 heavy (non-hydrogen) atoms. The average Bonchev–Trinajstić information content (AvgIpc) is 2.97. The number of rotatable bonds is 4. The summed E-state index contributed by atoms with van der Waals surface area (Å²) in [6.45, 7) is 2.80. The number of aliphatic hydroxyl groups is 1. The van der Waals surface area contributed by atoms with Crippen LogP contribution in [0.2, 0.25) is 0 Å². The van der Waals surface area contributed by atoms with Gasteiger partial charge in [-0.05, 0) is 19.3 Å². The molecule has 0 aliphatic carbocycles. The van der Waals surface area contributed by atoms with Crippen LogP contribution in [0.5, 0.6) is 0 Å². The Morgan fingerprint density at radius 3 is 2.82 bits per heavy atom. The Hall–Kier alpha value is -1.57. The van der Waals surface area contributed by atoms with E-state index >= 15 is 0 Å². The van der Waals surface area contributed by atoms with Gasteiger partial charge in [0.2, 0.25) is 0 Å². The molecule has 1 aliphatic rings. The predicted octanol–water partition coefficient (Wildman–Crippen LogP) is 2.44. The van der Waals surface area contributed by atoms with Crippen LogP contribution >= 0.6 is 0 Å². The van der Waals surface area contributed by atoms with Crippen LogP contribution in [0.4, 0.5) is 13.2 Å². The highest BCUT2D eigenvalue weighted by Gasteiger charge is 2.38. The molecule has 1 amide bonds. The van der Waals surface area contributed by atoms with Crippen molar-refractivity contribution in [3.05, 3.63) is 17.5 Å². The van der Waals surface area contributed by atoms with Crippen molar-refractivity contribution in [3.8, 4) is 0 Å². The van der Waals surface area contributed by atoms with Crippen molar-refractivity contribution < 1.29 is 23.1 Å². The Bertz CT molecular complexity index is 526. The van der Waals surface area contributed by atoms with E-state index in [0.717, 1.165) is 31.7 Å². The summed E-state index contributed by atoms with van der Waals surface area (Å²) in [6.07, 6.45) is -1.35. The number of carbonyl (C=O) groups excluding carboxylic acids is 1. The SMILES string of the molecule is CCC[C@]1(CO)CCCN(C(=O)c2cc(C(F)(F)F)[nH]n2)C1. The third-order valence-electron chi connectivity index (χ3n) is 4.17. The second-order valence-corrected chi connectivity index (χ2v) is 5.90. The number of carbonyl (C=O) groups is 1. The second-order valence-electron chi connectivity index (χ2n) is 5.90. The number of likely N-dealkylation sites (tertiary alicyclic amines) is 1. The smallest absolute Gasteiger partial charge is 0.396 e. The molecule has 1 fully saturated rings. The first-order chi connectivity index (χ1) is 10.3. The Morgan fingerprint density at radius 2 is 2.27 bits per heavy atom. The monoisotopic (exact) mass is 319 g/mol. The number of aliphatic hydroxyl groups excluding tert-OH is 1. The zero-order chi connectivity index (χ0) is 16.4. The summed E-state index contributed by atoms with van der Waals surface area (Å²) in [5, 5.41) is 15.0. The summed E-state index contributed by atoms with van der Waals surface area (Å²) in [4.78, 5) is 13.8. The summed E-state index contributed by atoms with van der Waals surface area (Å²) in [7, 11) is 0. The minimum absolute atomic E-state index is 0.0288. The quantitative estimate of drug-likeness (QED) is 0.895. The summed E-state index contributed by atoms with van der Waals surface area (Å²) in [6, 6.07) is 0.734. The second kappa shape index (κ2) is 6.28. The van der Waals surface area contributed by atoms with Crippen LogP contribution in [0.3, 0.4) is 0 Å². The van der Waals surface area contributed by atoms with Crippen LogP contribution in [0.1, 0.15) is 48.8 Å². The van der Waals surface area contributed by atoms with E-state index in [0.29, 0.717) is 13.1 Å². The van der Waals surface area contributed by atoms with Gasteiger partial charge in [0.25, 0.3) is 5.91 Å². The van der Waals surface area contributed by atoms with Crippen LogP contribution < -0.4 is 0 Å². The minimum Gasteiger partial charge on any atom is -0.396 e. The van der Waals surface area contributed by atoms with E-state index in [1.165, 1.54) is 4.90 Å². The largest absolute Gasteiger partial charge is 0.432 e. The predicted molar refractivity (Wildman–Crippen MR) is 73.2 cm³/mol. The molecule has 1 aromatic heterocycles. The number of hydrogen-bond acceptors (Lipinski definition) is 3. The molecular weight excluding hydrogens is 299 g/mol. The number of H-pyrrole nitrogens is 1. The lowest BCUT2D eigenvalue weighted by molar-refractivity contribution is -0.141. The normalized spacial score (nSPS) is 22.9. The van der Waals surface area contributed by atoms with Crippen LogP contribution in [-0.2, 0) is 6.18 Å². The van der Waals surface area contributed by atoms with Crippen LogP contribution in [-0.4, -0.2) is 45.8 Å². The van der Waals surface area contributed by atoms with Gasteiger partial charge < -0.3 is 10.0 Å². The van der Waals surface area contributed by atoms with Crippen LogP contribution in [0.15, 0.2) is 6.07 Å². The Labute approximate surface area is 126 Å². The van der Waals surface area contributed by atoms with Gasteiger partial charge >= 0.3 is 6.18 Å². The standard InChI is InChI=1S/C14H20F3N3O2/c1-2-4-13(9-21)5-3-6-20(8-13)12(22)10-7-11(19-18-10)14(15,16)17/h7,21H,2-6,8-9H2,1H3,(H,18,19)/t13-/m0/s1. The van der Waals surface area contributed by atoms with Gasteiger partial charge in [0.15, 0.2) is 5.69 Å². The number of amides is 1. The van der Waals surface area contributed by atoms with Gasteiger partial charge in [0.1, 0.15) is 5.69 Å².